The lowest BCUT2D eigenvalue weighted by Gasteiger charge is -1.99. The van der Waals surface area contributed by atoms with E-state index in [2.05, 4.69) is 4.74 Å². The van der Waals surface area contributed by atoms with Crippen molar-refractivity contribution in [2.24, 2.45) is 0 Å². The number of benzene rings is 1. The third kappa shape index (κ3) is 5.20. The van der Waals surface area contributed by atoms with Crippen molar-refractivity contribution in [2.75, 3.05) is 14.2 Å². The average Bonchev–Trinajstić information content (AvgIpc) is 2.38. The zero-order valence-electron chi connectivity index (χ0n) is 10.2. The van der Waals surface area contributed by atoms with Gasteiger partial charge in [0.05, 0.1) is 14.2 Å². The number of ether oxygens (including phenoxy) is 2. The molecule has 0 radical (unpaired) electrons. The number of carbonyl (C=O) groups is 1. The third-order valence-corrected chi connectivity index (χ3v) is 1.71. The van der Waals surface area contributed by atoms with Crippen LogP contribution in [0.1, 0.15) is 19.4 Å². The van der Waals surface area contributed by atoms with Gasteiger partial charge in [0.2, 0.25) is 0 Å². The van der Waals surface area contributed by atoms with Crippen LogP contribution in [-0.2, 0) is 9.53 Å². The lowest BCUT2D eigenvalue weighted by atomic mass is 10.2. The van der Waals surface area contributed by atoms with Gasteiger partial charge in [-0.3, -0.25) is 0 Å². The minimum absolute atomic E-state index is 0.368. The zero-order valence-corrected chi connectivity index (χ0v) is 10.2. The molecule has 0 aromatic heterocycles. The Morgan fingerprint density at radius 1 is 1.25 bits per heavy atom. The van der Waals surface area contributed by atoms with Gasteiger partial charge in [-0.1, -0.05) is 26.0 Å². The highest BCUT2D eigenvalue weighted by molar-refractivity contribution is 5.86. The van der Waals surface area contributed by atoms with Gasteiger partial charge in [-0.15, -0.1) is 0 Å². The van der Waals surface area contributed by atoms with Gasteiger partial charge < -0.3 is 9.47 Å². The molecule has 0 saturated heterocycles. The molecule has 0 spiro atoms. The van der Waals surface area contributed by atoms with Crippen LogP contribution < -0.4 is 4.74 Å². The maximum atomic E-state index is 10.8. The number of carbonyl (C=O) groups excluding carboxylic acids is 1. The van der Waals surface area contributed by atoms with Crippen molar-refractivity contribution in [3.63, 3.8) is 0 Å². The topological polar surface area (TPSA) is 35.5 Å². The molecule has 1 aromatic carbocycles. The molecular weight excluding hydrogens is 204 g/mol. The van der Waals surface area contributed by atoms with E-state index in [9.17, 15) is 4.79 Å². The van der Waals surface area contributed by atoms with Gasteiger partial charge in [0, 0.05) is 6.08 Å². The van der Waals surface area contributed by atoms with E-state index in [4.69, 9.17) is 4.74 Å². The summed E-state index contributed by atoms with van der Waals surface area (Å²) in [4.78, 5) is 10.8. The van der Waals surface area contributed by atoms with E-state index in [1.54, 1.807) is 13.2 Å². The highest BCUT2D eigenvalue weighted by Gasteiger charge is 1.93. The van der Waals surface area contributed by atoms with Gasteiger partial charge in [0.25, 0.3) is 0 Å². The summed E-state index contributed by atoms with van der Waals surface area (Å²) >= 11 is 0. The van der Waals surface area contributed by atoms with Crippen LogP contribution in [0.3, 0.4) is 0 Å². The van der Waals surface area contributed by atoms with Crippen LogP contribution in [-0.4, -0.2) is 20.2 Å². The molecule has 1 aromatic rings. The zero-order chi connectivity index (χ0) is 12.4. The molecule has 0 aliphatic heterocycles. The van der Waals surface area contributed by atoms with E-state index in [-0.39, 0.29) is 5.97 Å². The summed E-state index contributed by atoms with van der Waals surface area (Å²) in [5.41, 5.74) is 0.898. The summed E-state index contributed by atoms with van der Waals surface area (Å²) in [6, 6.07) is 7.41. The first-order chi connectivity index (χ1) is 7.76. The Bertz CT molecular complexity index is 343. The molecule has 16 heavy (non-hydrogen) atoms. The summed E-state index contributed by atoms with van der Waals surface area (Å²) in [6.07, 6.45) is 3.04. The highest BCUT2D eigenvalue weighted by atomic mass is 16.5. The van der Waals surface area contributed by atoms with E-state index in [1.807, 2.05) is 38.1 Å². The lowest BCUT2D eigenvalue weighted by Crippen LogP contribution is -1.93. The Morgan fingerprint density at radius 3 is 2.50 bits per heavy atom. The van der Waals surface area contributed by atoms with Crippen molar-refractivity contribution < 1.29 is 14.3 Å². The Hall–Kier alpha value is -1.77. The van der Waals surface area contributed by atoms with Crippen LogP contribution in [0, 0.1) is 0 Å². The largest absolute Gasteiger partial charge is 0.497 e. The monoisotopic (exact) mass is 222 g/mol. The molecule has 0 fully saturated rings. The third-order valence-electron chi connectivity index (χ3n) is 1.71. The maximum absolute atomic E-state index is 10.8. The van der Waals surface area contributed by atoms with E-state index in [0.29, 0.717) is 0 Å². The predicted octanol–water partition coefficient (Wildman–Crippen LogP) is 2.91. The fourth-order valence-electron chi connectivity index (χ4n) is 0.977. The van der Waals surface area contributed by atoms with Gasteiger partial charge in [0.15, 0.2) is 0 Å². The van der Waals surface area contributed by atoms with E-state index in [0.717, 1.165) is 11.3 Å². The minimum Gasteiger partial charge on any atom is -0.497 e. The Kier molecular flexibility index (Phi) is 7.59. The van der Waals surface area contributed by atoms with Crippen LogP contribution in [0.4, 0.5) is 0 Å². The Balaban J connectivity index is 0.00000106. The normalized spacial score (nSPS) is 9.25. The molecule has 0 bridgehead atoms. The van der Waals surface area contributed by atoms with Gasteiger partial charge in [0.1, 0.15) is 5.75 Å². The molecule has 0 amide bonds. The van der Waals surface area contributed by atoms with Gasteiger partial charge in [-0.2, -0.15) is 0 Å². The second-order valence-electron chi connectivity index (χ2n) is 2.63. The summed E-state index contributed by atoms with van der Waals surface area (Å²) < 4.78 is 9.51. The second kappa shape index (κ2) is 8.53. The van der Waals surface area contributed by atoms with Crippen LogP contribution in [0.2, 0.25) is 0 Å². The molecule has 0 aliphatic carbocycles. The summed E-state index contributed by atoms with van der Waals surface area (Å²) in [7, 11) is 2.95. The molecule has 0 saturated carbocycles. The molecule has 0 unspecified atom stereocenters. The van der Waals surface area contributed by atoms with E-state index in [1.165, 1.54) is 13.2 Å². The van der Waals surface area contributed by atoms with Crippen molar-refractivity contribution in [2.45, 2.75) is 13.8 Å². The molecule has 88 valence electrons. The van der Waals surface area contributed by atoms with E-state index < -0.39 is 0 Å². The number of esters is 1. The molecule has 3 nitrogen and oxygen atoms in total. The number of hydrogen-bond donors (Lipinski definition) is 0. The summed E-state index contributed by atoms with van der Waals surface area (Å²) in [5.74, 6) is 0.393. The predicted molar refractivity (Wildman–Crippen MR) is 65.4 cm³/mol. The number of methoxy groups -OCH3 is 2. The smallest absolute Gasteiger partial charge is 0.330 e. The first-order valence-electron chi connectivity index (χ1n) is 5.16. The number of rotatable bonds is 3. The minimum atomic E-state index is -0.368. The van der Waals surface area contributed by atoms with Crippen LogP contribution in [0.15, 0.2) is 30.3 Å². The van der Waals surface area contributed by atoms with Crippen molar-refractivity contribution in [3.05, 3.63) is 35.9 Å². The average molecular weight is 222 g/mol. The summed E-state index contributed by atoms with van der Waals surface area (Å²) in [5, 5.41) is 0. The Morgan fingerprint density at radius 2 is 1.94 bits per heavy atom. The van der Waals surface area contributed by atoms with Crippen LogP contribution in [0.25, 0.3) is 6.08 Å². The highest BCUT2D eigenvalue weighted by Crippen LogP contribution is 2.13. The fourth-order valence-corrected chi connectivity index (χ4v) is 0.977. The fraction of sp³-hybridized carbons (Fsp3) is 0.308. The van der Waals surface area contributed by atoms with Crippen LogP contribution in [0.5, 0.6) is 5.75 Å². The first-order valence-corrected chi connectivity index (χ1v) is 5.16. The van der Waals surface area contributed by atoms with Gasteiger partial charge in [-0.25, -0.2) is 4.79 Å². The molecule has 0 aliphatic rings. The van der Waals surface area contributed by atoms with Crippen molar-refractivity contribution in [3.8, 4) is 5.75 Å². The molecule has 1 rings (SSSR count). The maximum Gasteiger partial charge on any atom is 0.330 e. The lowest BCUT2D eigenvalue weighted by molar-refractivity contribution is -0.134. The number of hydrogen-bond acceptors (Lipinski definition) is 3. The van der Waals surface area contributed by atoms with Crippen LogP contribution >= 0.6 is 0 Å². The molecule has 0 atom stereocenters. The SMILES string of the molecule is CC.COC(=O)/C=C/c1cccc(OC)c1. The van der Waals surface area contributed by atoms with Gasteiger partial charge in [-0.05, 0) is 23.8 Å². The van der Waals surface area contributed by atoms with Crippen molar-refractivity contribution in [1.29, 1.82) is 0 Å². The molecule has 0 heterocycles. The quantitative estimate of drug-likeness (QED) is 0.582. The molecule has 3 heteroatoms. The Labute approximate surface area is 96.7 Å². The van der Waals surface area contributed by atoms with Crippen molar-refractivity contribution >= 4 is 12.0 Å². The van der Waals surface area contributed by atoms with Gasteiger partial charge >= 0.3 is 5.97 Å². The van der Waals surface area contributed by atoms with E-state index >= 15 is 0 Å². The second-order valence-corrected chi connectivity index (χ2v) is 2.63. The molecule has 0 N–H and O–H groups in total. The van der Waals surface area contributed by atoms with Crippen molar-refractivity contribution in [1.82, 2.24) is 0 Å². The standard InChI is InChI=1S/C11H12O3.C2H6/c1-13-10-5-3-4-9(8-10)6-7-11(12)14-2;1-2/h3-8H,1-2H3;1-2H3/b7-6+;. The summed E-state index contributed by atoms with van der Waals surface area (Å²) in [6.45, 7) is 4.00. The molecular formula is C13H18O3. The first kappa shape index (κ1) is 14.2.